The SMILES string of the molecule is CCOc1ccc(Br)cc1/C=N/NC(=O)c1ccccc1N(C)C. The molecule has 0 bridgehead atoms. The minimum atomic E-state index is -0.261. The quantitative estimate of drug-likeness (QED) is 0.605. The van der Waals surface area contributed by atoms with Gasteiger partial charge in [-0.15, -0.1) is 0 Å². The second-order valence-corrected chi connectivity index (χ2v) is 6.14. The van der Waals surface area contributed by atoms with Crippen LogP contribution >= 0.6 is 15.9 Å². The first-order valence-corrected chi connectivity index (χ1v) is 8.34. The highest BCUT2D eigenvalue weighted by Gasteiger charge is 2.11. The fourth-order valence-electron chi connectivity index (χ4n) is 2.18. The van der Waals surface area contributed by atoms with Crippen LogP contribution in [-0.2, 0) is 0 Å². The van der Waals surface area contributed by atoms with E-state index in [4.69, 9.17) is 4.74 Å². The van der Waals surface area contributed by atoms with E-state index in [0.717, 1.165) is 15.7 Å². The van der Waals surface area contributed by atoms with E-state index in [-0.39, 0.29) is 5.91 Å². The Morgan fingerprint density at radius 1 is 1.29 bits per heavy atom. The van der Waals surface area contributed by atoms with Crippen LogP contribution in [0.4, 0.5) is 5.69 Å². The zero-order valence-electron chi connectivity index (χ0n) is 13.9. The van der Waals surface area contributed by atoms with Crippen LogP contribution in [0.25, 0.3) is 0 Å². The molecular weight excluding hydrogens is 370 g/mol. The highest BCUT2D eigenvalue weighted by molar-refractivity contribution is 9.10. The van der Waals surface area contributed by atoms with Crippen molar-refractivity contribution in [2.75, 3.05) is 25.6 Å². The van der Waals surface area contributed by atoms with Gasteiger partial charge in [0.1, 0.15) is 5.75 Å². The van der Waals surface area contributed by atoms with Gasteiger partial charge in [-0.2, -0.15) is 5.10 Å². The Kier molecular flexibility index (Phi) is 6.37. The molecule has 0 saturated carbocycles. The lowest BCUT2D eigenvalue weighted by Gasteiger charge is -2.15. The van der Waals surface area contributed by atoms with Crippen LogP contribution in [0.3, 0.4) is 0 Å². The van der Waals surface area contributed by atoms with Crippen LogP contribution in [0.5, 0.6) is 5.75 Å². The summed E-state index contributed by atoms with van der Waals surface area (Å²) in [6.07, 6.45) is 1.58. The third kappa shape index (κ3) is 4.58. The maximum Gasteiger partial charge on any atom is 0.273 e. The molecule has 0 fully saturated rings. The van der Waals surface area contributed by atoms with Crippen molar-refractivity contribution >= 4 is 33.7 Å². The van der Waals surface area contributed by atoms with Crippen molar-refractivity contribution in [3.05, 3.63) is 58.1 Å². The summed E-state index contributed by atoms with van der Waals surface area (Å²) in [6, 6.07) is 13.0. The zero-order chi connectivity index (χ0) is 17.5. The van der Waals surface area contributed by atoms with Crippen molar-refractivity contribution in [3.8, 4) is 5.75 Å². The number of hydrazone groups is 1. The number of halogens is 1. The Bertz CT molecular complexity index is 745. The summed E-state index contributed by atoms with van der Waals surface area (Å²) < 4.78 is 6.47. The van der Waals surface area contributed by atoms with E-state index >= 15 is 0 Å². The first kappa shape index (κ1) is 18.0. The predicted molar refractivity (Wildman–Crippen MR) is 101 cm³/mol. The van der Waals surface area contributed by atoms with Crippen LogP contribution in [0.15, 0.2) is 52.0 Å². The lowest BCUT2D eigenvalue weighted by molar-refractivity contribution is 0.0955. The molecule has 0 aliphatic heterocycles. The lowest BCUT2D eigenvalue weighted by atomic mass is 10.1. The van der Waals surface area contributed by atoms with E-state index in [1.165, 1.54) is 0 Å². The van der Waals surface area contributed by atoms with Crippen LogP contribution in [0.1, 0.15) is 22.8 Å². The number of hydrogen-bond donors (Lipinski definition) is 1. The van der Waals surface area contributed by atoms with Gasteiger partial charge >= 0.3 is 0 Å². The number of hydrogen-bond acceptors (Lipinski definition) is 4. The van der Waals surface area contributed by atoms with Gasteiger partial charge in [0.05, 0.1) is 18.4 Å². The summed E-state index contributed by atoms with van der Waals surface area (Å²) in [5, 5.41) is 4.06. The number of ether oxygens (including phenoxy) is 1. The molecular formula is C18H20BrN3O2. The van der Waals surface area contributed by atoms with E-state index in [1.54, 1.807) is 12.3 Å². The van der Waals surface area contributed by atoms with Gasteiger partial charge in [0.15, 0.2) is 0 Å². The zero-order valence-corrected chi connectivity index (χ0v) is 15.5. The van der Waals surface area contributed by atoms with E-state index in [2.05, 4.69) is 26.5 Å². The smallest absolute Gasteiger partial charge is 0.273 e. The maximum absolute atomic E-state index is 12.3. The van der Waals surface area contributed by atoms with Crippen molar-refractivity contribution in [2.24, 2.45) is 5.10 Å². The Hall–Kier alpha value is -2.34. The Balaban J connectivity index is 2.15. The fraction of sp³-hybridized carbons (Fsp3) is 0.222. The summed E-state index contributed by atoms with van der Waals surface area (Å²) in [5.74, 6) is 0.455. The van der Waals surface area contributed by atoms with Gasteiger partial charge in [0, 0.05) is 29.8 Å². The highest BCUT2D eigenvalue weighted by Crippen LogP contribution is 2.22. The number of carbonyl (C=O) groups excluding carboxylic acids is 1. The van der Waals surface area contributed by atoms with Gasteiger partial charge in [0.25, 0.3) is 5.91 Å². The summed E-state index contributed by atoms with van der Waals surface area (Å²) in [6.45, 7) is 2.48. The van der Waals surface area contributed by atoms with Crippen molar-refractivity contribution in [3.63, 3.8) is 0 Å². The lowest BCUT2D eigenvalue weighted by Crippen LogP contribution is -2.21. The molecule has 5 nitrogen and oxygen atoms in total. The molecule has 0 saturated heterocycles. The number of rotatable bonds is 6. The summed E-state index contributed by atoms with van der Waals surface area (Å²) in [7, 11) is 3.79. The molecule has 2 aromatic rings. The average Bonchev–Trinajstić information content (AvgIpc) is 2.57. The molecule has 1 amide bonds. The Labute approximate surface area is 150 Å². The van der Waals surface area contributed by atoms with Crippen LogP contribution < -0.4 is 15.1 Å². The van der Waals surface area contributed by atoms with Gasteiger partial charge in [-0.05, 0) is 37.3 Å². The molecule has 0 aromatic heterocycles. The number of para-hydroxylation sites is 1. The summed E-state index contributed by atoms with van der Waals surface area (Å²) in [5.41, 5.74) is 4.75. The van der Waals surface area contributed by atoms with Crippen molar-refractivity contribution in [1.82, 2.24) is 5.43 Å². The number of anilines is 1. The Morgan fingerprint density at radius 3 is 2.75 bits per heavy atom. The van der Waals surface area contributed by atoms with Gasteiger partial charge < -0.3 is 9.64 Å². The predicted octanol–water partition coefficient (Wildman–Crippen LogP) is 3.68. The number of benzene rings is 2. The van der Waals surface area contributed by atoms with E-state index in [9.17, 15) is 4.79 Å². The van der Waals surface area contributed by atoms with Gasteiger partial charge in [-0.3, -0.25) is 4.79 Å². The molecule has 0 radical (unpaired) electrons. The van der Waals surface area contributed by atoms with Gasteiger partial charge in [-0.1, -0.05) is 28.1 Å². The standard InChI is InChI=1S/C18H20BrN3O2/c1-4-24-17-10-9-14(19)11-13(17)12-20-21-18(23)15-7-5-6-8-16(15)22(2)3/h5-12H,4H2,1-3H3,(H,21,23)/b20-12+. The highest BCUT2D eigenvalue weighted by atomic mass is 79.9. The first-order chi connectivity index (χ1) is 11.5. The topological polar surface area (TPSA) is 53.9 Å². The normalized spacial score (nSPS) is 10.7. The van der Waals surface area contributed by atoms with Crippen LogP contribution in [0, 0.1) is 0 Å². The molecule has 126 valence electrons. The van der Waals surface area contributed by atoms with E-state index < -0.39 is 0 Å². The Morgan fingerprint density at radius 2 is 2.04 bits per heavy atom. The first-order valence-electron chi connectivity index (χ1n) is 7.55. The molecule has 1 N–H and O–H groups in total. The van der Waals surface area contributed by atoms with Crippen LogP contribution in [0.2, 0.25) is 0 Å². The number of nitrogens with one attached hydrogen (secondary N) is 1. The second-order valence-electron chi connectivity index (χ2n) is 5.23. The second kappa shape index (κ2) is 8.49. The third-order valence-electron chi connectivity index (χ3n) is 3.27. The van der Waals surface area contributed by atoms with Crippen molar-refractivity contribution in [1.29, 1.82) is 0 Å². The van der Waals surface area contributed by atoms with E-state index in [1.807, 2.05) is 62.3 Å². The molecule has 0 aliphatic carbocycles. The minimum Gasteiger partial charge on any atom is -0.493 e. The molecule has 0 heterocycles. The van der Waals surface area contributed by atoms with Crippen molar-refractivity contribution < 1.29 is 9.53 Å². The number of nitrogens with zero attached hydrogens (tertiary/aromatic N) is 2. The molecule has 0 unspecified atom stereocenters. The molecule has 0 spiro atoms. The minimum absolute atomic E-state index is 0.261. The fourth-order valence-corrected chi connectivity index (χ4v) is 2.56. The number of amides is 1. The van der Waals surface area contributed by atoms with E-state index in [0.29, 0.717) is 17.9 Å². The molecule has 24 heavy (non-hydrogen) atoms. The monoisotopic (exact) mass is 389 g/mol. The number of carbonyl (C=O) groups is 1. The molecule has 0 atom stereocenters. The van der Waals surface area contributed by atoms with Gasteiger partial charge in [0.2, 0.25) is 0 Å². The molecule has 2 rings (SSSR count). The van der Waals surface area contributed by atoms with Gasteiger partial charge in [-0.25, -0.2) is 5.43 Å². The summed E-state index contributed by atoms with van der Waals surface area (Å²) >= 11 is 3.42. The van der Waals surface area contributed by atoms with Crippen molar-refractivity contribution in [2.45, 2.75) is 6.92 Å². The maximum atomic E-state index is 12.3. The molecule has 2 aromatic carbocycles. The molecule has 0 aliphatic rings. The third-order valence-corrected chi connectivity index (χ3v) is 3.77. The van der Waals surface area contributed by atoms with Crippen LogP contribution in [-0.4, -0.2) is 32.8 Å². The summed E-state index contributed by atoms with van der Waals surface area (Å²) in [4.78, 5) is 14.2. The average molecular weight is 390 g/mol. The molecule has 6 heteroatoms. The largest absolute Gasteiger partial charge is 0.493 e.